The van der Waals surface area contributed by atoms with Gasteiger partial charge in [0.25, 0.3) is 5.56 Å². The number of aromatic amines is 1. The Labute approximate surface area is 201 Å². The van der Waals surface area contributed by atoms with Crippen LogP contribution in [0.3, 0.4) is 0 Å². The molecule has 2 aliphatic carbocycles. The predicted molar refractivity (Wildman–Crippen MR) is 135 cm³/mol. The Morgan fingerprint density at radius 3 is 2.53 bits per heavy atom. The smallest absolute Gasteiger partial charge is 0.252 e. The molecule has 0 radical (unpaired) electrons. The molecule has 0 spiro atoms. The molecule has 3 aromatic rings. The van der Waals surface area contributed by atoms with Crippen molar-refractivity contribution in [3.63, 3.8) is 0 Å². The molecule has 0 unspecified atom stereocenters. The van der Waals surface area contributed by atoms with Gasteiger partial charge in [0.05, 0.1) is 12.1 Å². The number of nitrogens with one attached hydrogen (secondary N) is 1. The molecular formula is C27H38N6O. The number of benzene rings is 1. The molecule has 0 amide bonds. The zero-order valence-corrected chi connectivity index (χ0v) is 20.9. The Bertz CT molecular complexity index is 1190. The minimum Gasteiger partial charge on any atom is -0.322 e. The molecule has 182 valence electrons. The monoisotopic (exact) mass is 462 g/mol. The van der Waals surface area contributed by atoms with Crippen LogP contribution in [0.25, 0.3) is 10.9 Å². The molecule has 0 saturated heterocycles. The van der Waals surface area contributed by atoms with Gasteiger partial charge in [-0.15, -0.1) is 5.10 Å². The fourth-order valence-electron chi connectivity index (χ4n) is 6.33. The molecular weight excluding hydrogens is 424 g/mol. The highest BCUT2D eigenvalue weighted by Gasteiger charge is 2.33. The largest absolute Gasteiger partial charge is 0.322 e. The van der Waals surface area contributed by atoms with E-state index in [1.54, 1.807) is 0 Å². The van der Waals surface area contributed by atoms with Gasteiger partial charge < -0.3 is 4.98 Å². The Hall–Kier alpha value is -2.54. The summed E-state index contributed by atoms with van der Waals surface area (Å²) in [4.78, 5) is 18.9. The van der Waals surface area contributed by atoms with Gasteiger partial charge in [0, 0.05) is 29.1 Å². The fraction of sp³-hybridized carbons (Fsp3) is 0.630. The van der Waals surface area contributed by atoms with Crippen LogP contribution in [0.5, 0.6) is 0 Å². The van der Waals surface area contributed by atoms with Crippen molar-refractivity contribution in [2.75, 3.05) is 0 Å². The van der Waals surface area contributed by atoms with Crippen LogP contribution in [-0.2, 0) is 6.54 Å². The molecule has 5 rings (SSSR count). The Balaban J connectivity index is 1.54. The van der Waals surface area contributed by atoms with E-state index in [9.17, 15) is 4.79 Å². The first-order valence-electron chi connectivity index (χ1n) is 13.2. The van der Waals surface area contributed by atoms with E-state index in [1.165, 1.54) is 56.1 Å². The highest BCUT2D eigenvalue weighted by Crippen LogP contribution is 2.36. The maximum Gasteiger partial charge on any atom is 0.252 e. The van der Waals surface area contributed by atoms with Crippen LogP contribution in [0.4, 0.5) is 0 Å². The van der Waals surface area contributed by atoms with Crippen molar-refractivity contribution in [3.05, 3.63) is 51.1 Å². The average molecular weight is 463 g/mol. The lowest BCUT2D eigenvalue weighted by Gasteiger charge is -2.39. The van der Waals surface area contributed by atoms with Crippen LogP contribution in [0.1, 0.15) is 106 Å². The lowest BCUT2D eigenvalue weighted by Crippen LogP contribution is -2.41. The first-order valence-corrected chi connectivity index (χ1v) is 13.2. The average Bonchev–Trinajstić information content (AvgIpc) is 3.52. The molecule has 0 aliphatic heterocycles. The topological polar surface area (TPSA) is 79.7 Å². The summed E-state index contributed by atoms with van der Waals surface area (Å²) in [5, 5.41) is 14.2. The number of hydrogen-bond donors (Lipinski definition) is 1. The molecule has 1 atom stereocenters. The van der Waals surface area contributed by atoms with Gasteiger partial charge in [-0.3, -0.25) is 9.69 Å². The van der Waals surface area contributed by atoms with Gasteiger partial charge in [-0.2, -0.15) is 0 Å². The van der Waals surface area contributed by atoms with Crippen molar-refractivity contribution >= 4 is 10.9 Å². The second kappa shape index (κ2) is 9.98. The molecule has 1 N–H and O–H groups in total. The van der Waals surface area contributed by atoms with Crippen LogP contribution in [0.2, 0.25) is 0 Å². The third kappa shape index (κ3) is 4.54. The number of H-pyrrole nitrogens is 1. The zero-order chi connectivity index (χ0) is 23.7. The van der Waals surface area contributed by atoms with Crippen molar-refractivity contribution in [3.8, 4) is 0 Å². The quantitative estimate of drug-likeness (QED) is 0.499. The molecule has 34 heavy (non-hydrogen) atoms. The van der Waals surface area contributed by atoms with Gasteiger partial charge in [-0.25, -0.2) is 4.68 Å². The number of fused-ring (bicyclic) bond motifs is 1. The van der Waals surface area contributed by atoms with Crippen molar-refractivity contribution in [1.82, 2.24) is 30.1 Å². The molecule has 2 saturated carbocycles. The number of aryl methyl sites for hydroxylation is 2. The molecule has 1 aromatic carbocycles. The van der Waals surface area contributed by atoms with Crippen LogP contribution >= 0.6 is 0 Å². The molecule has 0 bridgehead atoms. The van der Waals surface area contributed by atoms with Crippen molar-refractivity contribution < 1.29 is 0 Å². The maximum absolute atomic E-state index is 13.2. The molecule has 2 aliphatic rings. The van der Waals surface area contributed by atoms with Crippen LogP contribution in [0.15, 0.2) is 23.0 Å². The molecule has 2 heterocycles. The van der Waals surface area contributed by atoms with E-state index < -0.39 is 0 Å². The maximum atomic E-state index is 13.2. The fourth-order valence-corrected chi connectivity index (χ4v) is 6.33. The summed E-state index contributed by atoms with van der Waals surface area (Å²) < 4.78 is 2.11. The highest BCUT2D eigenvalue weighted by molar-refractivity contribution is 5.83. The van der Waals surface area contributed by atoms with E-state index in [0.717, 1.165) is 41.6 Å². The van der Waals surface area contributed by atoms with Crippen molar-refractivity contribution in [2.45, 2.75) is 110 Å². The Morgan fingerprint density at radius 1 is 1.06 bits per heavy atom. The Morgan fingerprint density at radius 2 is 1.79 bits per heavy atom. The van der Waals surface area contributed by atoms with Gasteiger partial charge in [0.2, 0.25) is 0 Å². The van der Waals surface area contributed by atoms with Gasteiger partial charge in [0.15, 0.2) is 5.82 Å². The van der Waals surface area contributed by atoms with Crippen molar-refractivity contribution in [1.29, 1.82) is 0 Å². The predicted octanol–water partition coefficient (Wildman–Crippen LogP) is 5.53. The second-order valence-electron chi connectivity index (χ2n) is 10.5. The van der Waals surface area contributed by atoms with Crippen LogP contribution in [0, 0.1) is 13.8 Å². The molecule has 7 nitrogen and oxygen atoms in total. The van der Waals surface area contributed by atoms with Gasteiger partial charge in [-0.1, -0.05) is 45.1 Å². The molecule has 7 heteroatoms. The van der Waals surface area contributed by atoms with E-state index in [1.807, 2.05) is 0 Å². The van der Waals surface area contributed by atoms with Gasteiger partial charge in [-0.05, 0) is 79.6 Å². The number of aromatic nitrogens is 5. The van der Waals surface area contributed by atoms with Gasteiger partial charge in [0.1, 0.15) is 0 Å². The first kappa shape index (κ1) is 23.2. The minimum absolute atomic E-state index is 0.0172. The Kier molecular flexibility index (Phi) is 6.82. The van der Waals surface area contributed by atoms with E-state index in [4.69, 9.17) is 0 Å². The summed E-state index contributed by atoms with van der Waals surface area (Å²) in [7, 11) is 0. The van der Waals surface area contributed by atoms with Crippen LogP contribution in [-0.4, -0.2) is 36.1 Å². The second-order valence-corrected chi connectivity index (χ2v) is 10.5. The number of hydrogen-bond acceptors (Lipinski definition) is 5. The summed E-state index contributed by atoms with van der Waals surface area (Å²) in [5.74, 6) is 0.976. The van der Waals surface area contributed by atoms with E-state index in [2.05, 4.69) is 69.1 Å². The third-order valence-electron chi connectivity index (χ3n) is 8.06. The van der Waals surface area contributed by atoms with Crippen LogP contribution < -0.4 is 5.56 Å². The summed E-state index contributed by atoms with van der Waals surface area (Å²) >= 11 is 0. The normalized spacial score (nSPS) is 18.8. The van der Waals surface area contributed by atoms with Crippen molar-refractivity contribution in [2.24, 2.45) is 0 Å². The number of rotatable bonds is 7. The molecule has 2 fully saturated rings. The number of tetrazole rings is 1. The third-order valence-corrected chi connectivity index (χ3v) is 8.06. The van der Waals surface area contributed by atoms with E-state index in [0.29, 0.717) is 18.6 Å². The molecule has 2 aromatic heterocycles. The number of nitrogens with zero attached hydrogens (tertiary/aromatic N) is 5. The summed E-state index contributed by atoms with van der Waals surface area (Å²) in [6.07, 6.45) is 11.9. The van der Waals surface area contributed by atoms with E-state index in [-0.39, 0.29) is 11.6 Å². The zero-order valence-electron chi connectivity index (χ0n) is 20.9. The van der Waals surface area contributed by atoms with E-state index >= 15 is 0 Å². The summed E-state index contributed by atoms with van der Waals surface area (Å²) in [6.45, 7) is 7.05. The van der Waals surface area contributed by atoms with Gasteiger partial charge >= 0.3 is 0 Å². The minimum atomic E-state index is 0.0172. The summed E-state index contributed by atoms with van der Waals surface area (Å²) in [6, 6.07) is 7.33. The first-order chi connectivity index (χ1) is 16.5. The number of pyridine rings is 1. The lowest BCUT2D eigenvalue weighted by molar-refractivity contribution is 0.0830. The highest BCUT2D eigenvalue weighted by atomic mass is 16.1. The summed E-state index contributed by atoms with van der Waals surface area (Å²) in [5.41, 5.74) is 4.15. The SMILES string of the molecule is CC[C@@H](c1nnnn1C1CCCC1)N(Cc1cc2c(C)cc(C)cc2[nH]c1=O)C1CCCCC1. The standard InChI is InChI=1S/C27H38N6O/c1-4-25(26-29-30-31-33(26)22-12-8-9-13-22)32(21-10-6-5-7-11-21)17-20-16-23-19(3)14-18(2)15-24(23)28-27(20)34/h14-16,21-22,25H,4-13,17H2,1-3H3,(H,28,34)/t25-/m0/s1. The lowest BCUT2D eigenvalue weighted by atomic mass is 9.92.